The second-order valence-corrected chi connectivity index (χ2v) is 11.3. The Kier molecular flexibility index (Phi) is 7.21. The van der Waals surface area contributed by atoms with Crippen LogP contribution in [0.3, 0.4) is 0 Å². The molecule has 4 aromatic rings. The van der Waals surface area contributed by atoms with Crippen molar-refractivity contribution in [2.24, 2.45) is 0 Å². The Labute approximate surface area is 194 Å². The van der Waals surface area contributed by atoms with Crippen LogP contribution in [0.15, 0.2) is 132 Å². The van der Waals surface area contributed by atoms with Gasteiger partial charge in [0.2, 0.25) is 0 Å². The van der Waals surface area contributed by atoms with Gasteiger partial charge in [-0.3, -0.25) is 10.1 Å². The van der Waals surface area contributed by atoms with E-state index in [9.17, 15) is 4.79 Å². The van der Waals surface area contributed by atoms with Gasteiger partial charge in [0.15, 0.2) is 12.7 Å². The van der Waals surface area contributed by atoms with Crippen molar-refractivity contribution in [3.63, 3.8) is 0 Å². The lowest BCUT2D eigenvalue weighted by molar-refractivity contribution is 0.0968. The van der Waals surface area contributed by atoms with Crippen LogP contribution in [0, 0.1) is 0 Å². The van der Waals surface area contributed by atoms with E-state index in [0.717, 1.165) is 5.44 Å². The van der Waals surface area contributed by atoms with Crippen molar-refractivity contribution in [3.8, 4) is 0 Å². The third kappa shape index (κ3) is 4.41. The molecule has 2 nitrogen and oxygen atoms in total. The van der Waals surface area contributed by atoms with Crippen molar-refractivity contribution in [1.82, 2.24) is 5.32 Å². The number of hydrogen-bond acceptors (Lipinski definition) is 2. The van der Waals surface area contributed by atoms with Gasteiger partial charge in [-0.1, -0.05) is 72.8 Å². The molecular weight excluding hydrogens is 429 g/mol. The summed E-state index contributed by atoms with van der Waals surface area (Å²) in [5.41, 5.74) is 1.58. The molecule has 0 radical (unpaired) electrons. The lowest BCUT2D eigenvalue weighted by Crippen LogP contribution is -2.38. The zero-order valence-electron chi connectivity index (χ0n) is 17.9. The highest BCUT2D eigenvalue weighted by Crippen LogP contribution is 2.61. The van der Waals surface area contributed by atoms with E-state index in [1.165, 1.54) is 15.9 Å². The molecule has 0 atom stereocenters. The van der Waals surface area contributed by atoms with Crippen LogP contribution in [0.25, 0.3) is 0 Å². The number of benzene rings is 4. The lowest BCUT2D eigenvalue weighted by Gasteiger charge is -2.29. The molecule has 0 fully saturated rings. The Morgan fingerprint density at radius 2 is 1.03 bits per heavy atom. The van der Waals surface area contributed by atoms with E-state index in [4.69, 9.17) is 0 Å². The van der Waals surface area contributed by atoms with Crippen LogP contribution in [0.5, 0.6) is 0 Å². The van der Waals surface area contributed by atoms with E-state index in [0.29, 0.717) is 5.56 Å². The van der Waals surface area contributed by atoms with Gasteiger partial charge in [-0.15, -0.1) is 11.8 Å². The second-order valence-electron chi connectivity index (χ2n) is 7.24. The molecule has 1 N–H and O–H groups in total. The maximum Gasteiger partial charge on any atom is 0.258 e. The molecule has 0 bridgehead atoms. The van der Waals surface area contributed by atoms with E-state index >= 15 is 0 Å². The number of carbonyl (C=O) groups is 1. The number of carbonyl (C=O) groups excluding carboxylic acids is 1. The SMILES string of the molecule is CS/C=C(\NC(=O)c1ccccc1)[P+](c1ccccc1)(c1ccccc1)c1ccccc1. The molecular formula is C28H25NOPS+. The predicted molar refractivity (Wildman–Crippen MR) is 141 cm³/mol. The van der Waals surface area contributed by atoms with Crippen LogP contribution in [0.2, 0.25) is 0 Å². The molecule has 158 valence electrons. The monoisotopic (exact) mass is 454 g/mol. The zero-order valence-corrected chi connectivity index (χ0v) is 19.6. The first kappa shape index (κ1) is 22.1. The van der Waals surface area contributed by atoms with E-state index < -0.39 is 7.26 Å². The van der Waals surface area contributed by atoms with Gasteiger partial charge in [0.05, 0.1) is 0 Å². The number of thioether (sulfide) groups is 1. The lowest BCUT2D eigenvalue weighted by atomic mass is 10.2. The average molecular weight is 455 g/mol. The van der Waals surface area contributed by atoms with Crippen LogP contribution < -0.4 is 21.2 Å². The zero-order chi connectivity index (χ0) is 22.2. The maximum absolute atomic E-state index is 13.3. The summed E-state index contributed by atoms with van der Waals surface area (Å²) < 4.78 is 0. The van der Waals surface area contributed by atoms with Gasteiger partial charge in [-0.2, -0.15) is 0 Å². The molecule has 0 aliphatic rings. The predicted octanol–water partition coefficient (Wildman–Crippen LogP) is 5.57. The van der Waals surface area contributed by atoms with Crippen LogP contribution in [-0.2, 0) is 0 Å². The second kappa shape index (κ2) is 10.5. The highest BCUT2D eigenvalue weighted by molar-refractivity contribution is 8.03. The molecule has 0 saturated carbocycles. The van der Waals surface area contributed by atoms with Gasteiger partial charge in [-0.05, 0) is 54.8 Å². The highest BCUT2D eigenvalue weighted by atomic mass is 32.2. The Morgan fingerprint density at radius 3 is 1.41 bits per heavy atom. The first-order chi connectivity index (χ1) is 15.8. The number of amides is 1. The van der Waals surface area contributed by atoms with E-state index in [-0.39, 0.29) is 5.91 Å². The summed E-state index contributed by atoms with van der Waals surface area (Å²) in [5.74, 6) is -0.0990. The summed E-state index contributed by atoms with van der Waals surface area (Å²) in [6.07, 6.45) is 2.03. The maximum atomic E-state index is 13.3. The molecule has 0 aromatic heterocycles. The molecule has 0 aliphatic heterocycles. The van der Waals surface area contributed by atoms with Crippen LogP contribution in [0.4, 0.5) is 0 Å². The molecule has 1 amide bonds. The quantitative estimate of drug-likeness (QED) is 0.370. The first-order valence-corrected chi connectivity index (χ1v) is 13.5. The average Bonchev–Trinajstić information content (AvgIpc) is 2.87. The first-order valence-electron chi connectivity index (χ1n) is 10.4. The van der Waals surface area contributed by atoms with Crippen molar-refractivity contribution in [2.75, 3.05) is 6.26 Å². The molecule has 0 saturated heterocycles. The Hall–Kier alpha value is -3.13. The van der Waals surface area contributed by atoms with Crippen LogP contribution in [0.1, 0.15) is 10.4 Å². The minimum Gasteiger partial charge on any atom is -0.292 e. The number of nitrogens with one attached hydrogen (secondary N) is 1. The van der Waals surface area contributed by atoms with Crippen molar-refractivity contribution in [1.29, 1.82) is 0 Å². The normalized spacial score (nSPS) is 11.7. The number of hydrogen-bond donors (Lipinski definition) is 1. The Bertz CT molecular complexity index is 1080. The summed E-state index contributed by atoms with van der Waals surface area (Å²) in [6, 6.07) is 41.0. The Balaban J connectivity index is 1.99. The number of rotatable bonds is 7. The van der Waals surface area contributed by atoms with Crippen molar-refractivity contribution < 1.29 is 4.79 Å². The minimum absolute atomic E-state index is 0.0990. The van der Waals surface area contributed by atoms with Crippen molar-refractivity contribution in [2.45, 2.75) is 0 Å². The van der Waals surface area contributed by atoms with Crippen LogP contribution in [-0.4, -0.2) is 12.2 Å². The molecule has 0 heterocycles. The fourth-order valence-electron chi connectivity index (χ4n) is 3.90. The van der Waals surface area contributed by atoms with Gasteiger partial charge in [0, 0.05) is 11.0 Å². The van der Waals surface area contributed by atoms with Gasteiger partial charge in [0.25, 0.3) is 5.91 Å². The summed E-state index contributed by atoms with van der Waals surface area (Å²) in [6.45, 7) is 0. The summed E-state index contributed by atoms with van der Waals surface area (Å²) >= 11 is 1.61. The largest absolute Gasteiger partial charge is 0.292 e. The van der Waals surface area contributed by atoms with E-state index in [1.54, 1.807) is 11.8 Å². The van der Waals surface area contributed by atoms with Gasteiger partial charge in [-0.25, -0.2) is 0 Å². The topological polar surface area (TPSA) is 29.1 Å². The summed E-state index contributed by atoms with van der Waals surface area (Å²) in [5, 5.41) is 9.02. The summed E-state index contributed by atoms with van der Waals surface area (Å²) in [7, 11) is -2.35. The van der Waals surface area contributed by atoms with E-state index in [2.05, 4.69) is 83.5 Å². The molecule has 0 aliphatic carbocycles. The highest BCUT2D eigenvalue weighted by Gasteiger charge is 2.50. The molecule has 32 heavy (non-hydrogen) atoms. The Morgan fingerprint density at radius 1 is 0.656 bits per heavy atom. The van der Waals surface area contributed by atoms with Gasteiger partial charge >= 0.3 is 0 Å². The molecule has 4 heteroatoms. The third-order valence-electron chi connectivity index (χ3n) is 5.30. The van der Waals surface area contributed by atoms with Gasteiger partial charge in [0.1, 0.15) is 15.9 Å². The van der Waals surface area contributed by atoms with E-state index in [1.807, 2.05) is 54.8 Å². The fraction of sp³-hybridized carbons (Fsp3) is 0.0357. The summed E-state index contributed by atoms with van der Waals surface area (Å²) in [4.78, 5) is 13.3. The van der Waals surface area contributed by atoms with Gasteiger partial charge < -0.3 is 0 Å². The fourth-order valence-corrected chi connectivity index (χ4v) is 8.99. The smallest absolute Gasteiger partial charge is 0.258 e. The van der Waals surface area contributed by atoms with Crippen molar-refractivity contribution in [3.05, 3.63) is 138 Å². The molecule has 4 aromatic carbocycles. The standard InChI is InChI=1S/C28H24NOPS/c1-32-22-27(29-28(30)23-14-6-2-7-15-23)31(24-16-8-3-9-17-24,25-18-10-4-11-19-25)26-20-12-5-13-21-26/h2-22H,1H3/p+1/b27-22+. The molecule has 0 unspecified atom stereocenters. The molecule has 0 spiro atoms. The van der Waals surface area contributed by atoms with Crippen LogP contribution >= 0.6 is 19.0 Å². The minimum atomic E-state index is -2.35. The van der Waals surface area contributed by atoms with Crippen molar-refractivity contribution >= 4 is 40.8 Å². The molecule has 4 rings (SSSR count). The third-order valence-corrected chi connectivity index (χ3v) is 10.1.